The van der Waals surface area contributed by atoms with Gasteiger partial charge in [0.05, 0.1) is 6.20 Å². The van der Waals surface area contributed by atoms with Gasteiger partial charge in [-0.15, -0.1) is 0 Å². The highest BCUT2D eigenvalue weighted by molar-refractivity contribution is 5.56. The first-order valence-corrected chi connectivity index (χ1v) is 5.66. The van der Waals surface area contributed by atoms with E-state index in [0.29, 0.717) is 4.68 Å². The number of nitriles is 1. The number of methoxy groups -OCH3 is 1. The first-order chi connectivity index (χ1) is 10.4. The van der Waals surface area contributed by atoms with Crippen LogP contribution in [0, 0.1) is 40.4 Å². The topological polar surface area (TPSA) is 62.9 Å². The molecule has 0 saturated heterocycles. The Hall–Kier alpha value is -2.67. The van der Waals surface area contributed by atoms with E-state index in [4.69, 9.17) is 5.26 Å². The molecule has 2 aromatic rings. The smallest absolute Gasteiger partial charge is 0.200 e. The van der Waals surface area contributed by atoms with Gasteiger partial charge < -0.3 is 10.1 Å². The molecule has 0 aliphatic rings. The van der Waals surface area contributed by atoms with Crippen molar-refractivity contribution >= 4 is 5.82 Å². The zero-order valence-corrected chi connectivity index (χ0v) is 10.9. The van der Waals surface area contributed by atoms with Crippen LogP contribution in [0.3, 0.4) is 0 Å². The predicted molar refractivity (Wildman–Crippen MR) is 63.6 cm³/mol. The summed E-state index contributed by atoms with van der Waals surface area (Å²) in [5.74, 6) is -10.9. The number of hydrogen-bond donors (Lipinski definition) is 1. The average molecular weight is 318 g/mol. The van der Waals surface area contributed by atoms with Crippen LogP contribution in [-0.4, -0.2) is 23.6 Å². The van der Waals surface area contributed by atoms with Crippen LogP contribution in [0.2, 0.25) is 0 Å². The van der Waals surface area contributed by atoms with Crippen LogP contribution < -0.4 is 5.32 Å². The van der Waals surface area contributed by atoms with Crippen molar-refractivity contribution in [3.63, 3.8) is 0 Å². The van der Waals surface area contributed by atoms with Gasteiger partial charge >= 0.3 is 0 Å². The van der Waals surface area contributed by atoms with Crippen molar-refractivity contribution in [1.29, 1.82) is 5.26 Å². The van der Waals surface area contributed by atoms with Crippen LogP contribution in [0.1, 0.15) is 5.56 Å². The van der Waals surface area contributed by atoms with Crippen LogP contribution in [0.5, 0.6) is 0 Å². The Morgan fingerprint density at radius 1 is 1.14 bits per heavy atom. The van der Waals surface area contributed by atoms with Crippen LogP contribution in [0.25, 0.3) is 5.69 Å². The van der Waals surface area contributed by atoms with Crippen molar-refractivity contribution < 1.29 is 26.7 Å². The highest BCUT2D eigenvalue weighted by Crippen LogP contribution is 2.29. The van der Waals surface area contributed by atoms with Crippen LogP contribution >= 0.6 is 0 Å². The number of anilines is 1. The molecule has 0 fully saturated rings. The van der Waals surface area contributed by atoms with Crippen molar-refractivity contribution in [3.8, 4) is 11.8 Å². The number of ether oxygens (including phenoxy) is 1. The van der Waals surface area contributed by atoms with Gasteiger partial charge in [-0.05, 0) is 0 Å². The molecule has 0 aliphatic carbocycles. The summed E-state index contributed by atoms with van der Waals surface area (Å²) in [4.78, 5) is 0. The number of rotatable bonds is 4. The Morgan fingerprint density at radius 3 is 2.18 bits per heavy atom. The molecule has 0 aliphatic heterocycles. The minimum atomic E-state index is -2.28. The van der Waals surface area contributed by atoms with Crippen LogP contribution in [-0.2, 0) is 4.74 Å². The molecular weight excluding hydrogens is 311 g/mol. The van der Waals surface area contributed by atoms with Gasteiger partial charge in [-0.25, -0.2) is 26.6 Å². The zero-order valence-electron chi connectivity index (χ0n) is 10.9. The first kappa shape index (κ1) is 15.7. The maximum absolute atomic E-state index is 13.8. The third kappa shape index (κ3) is 2.35. The molecule has 0 bridgehead atoms. The van der Waals surface area contributed by atoms with Crippen molar-refractivity contribution in [3.05, 3.63) is 40.8 Å². The van der Waals surface area contributed by atoms with Gasteiger partial charge in [0.25, 0.3) is 0 Å². The van der Waals surface area contributed by atoms with Gasteiger partial charge in [-0.2, -0.15) is 10.4 Å². The lowest BCUT2D eigenvalue weighted by atomic mass is 10.2. The summed E-state index contributed by atoms with van der Waals surface area (Å²) in [6.45, 7) is -0.185. The summed E-state index contributed by atoms with van der Waals surface area (Å²) in [5, 5.41) is 14.8. The third-order valence-corrected chi connectivity index (χ3v) is 2.67. The van der Waals surface area contributed by atoms with Crippen LogP contribution in [0.4, 0.5) is 27.8 Å². The second-order valence-electron chi connectivity index (χ2n) is 3.96. The Bertz CT molecular complexity index is 739. The minimum absolute atomic E-state index is 0.166. The quantitative estimate of drug-likeness (QED) is 0.407. The summed E-state index contributed by atoms with van der Waals surface area (Å²) < 4.78 is 72.2. The molecule has 10 heteroatoms. The summed E-state index contributed by atoms with van der Waals surface area (Å²) >= 11 is 0. The molecular formula is C12H7F5N4O. The molecule has 2 rings (SSSR count). The van der Waals surface area contributed by atoms with Gasteiger partial charge in [0.2, 0.25) is 5.82 Å². The molecule has 22 heavy (non-hydrogen) atoms. The number of aromatic nitrogens is 2. The molecule has 116 valence electrons. The standard InChI is InChI=1S/C12H7F5N4O/c1-22-4-19-12-5(2-18)3-20-21(12)11-9(16)7(14)6(13)8(15)10(11)17/h3,19H,4H2,1H3. The predicted octanol–water partition coefficient (Wildman–Crippen LogP) is 2.46. The molecule has 0 atom stereocenters. The first-order valence-electron chi connectivity index (χ1n) is 5.66. The second-order valence-corrected chi connectivity index (χ2v) is 3.96. The van der Waals surface area contributed by atoms with E-state index < -0.39 is 34.8 Å². The van der Waals surface area contributed by atoms with Crippen LogP contribution in [0.15, 0.2) is 6.20 Å². The van der Waals surface area contributed by atoms with E-state index in [1.54, 1.807) is 6.07 Å². The molecule has 0 unspecified atom stereocenters. The highest BCUT2D eigenvalue weighted by atomic mass is 19.2. The maximum atomic E-state index is 13.8. The van der Waals surface area contributed by atoms with Gasteiger partial charge in [-0.1, -0.05) is 0 Å². The zero-order chi connectivity index (χ0) is 16.4. The van der Waals surface area contributed by atoms with Crippen molar-refractivity contribution in [2.24, 2.45) is 0 Å². The van der Waals surface area contributed by atoms with Gasteiger partial charge in [0.1, 0.15) is 29.9 Å². The largest absolute Gasteiger partial charge is 0.365 e. The third-order valence-electron chi connectivity index (χ3n) is 2.67. The lowest BCUT2D eigenvalue weighted by Crippen LogP contribution is -2.15. The minimum Gasteiger partial charge on any atom is -0.365 e. The lowest BCUT2D eigenvalue weighted by Gasteiger charge is -2.12. The van der Waals surface area contributed by atoms with Gasteiger partial charge in [-0.3, -0.25) is 0 Å². The molecule has 0 amide bonds. The molecule has 5 nitrogen and oxygen atoms in total. The SMILES string of the molecule is COCNc1c(C#N)cnn1-c1c(F)c(F)c(F)c(F)c1F. The Kier molecular flexibility index (Phi) is 4.27. The average Bonchev–Trinajstić information content (AvgIpc) is 2.92. The van der Waals surface area contributed by atoms with E-state index in [0.717, 1.165) is 6.20 Å². The fraction of sp³-hybridized carbons (Fsp3) is 0.167. The molecule has 1 aromatic carbocycles. The van der Waals surface area contributed by atoms with Crippen molar-refractivity contribution in [1.82, 2.24) is 9.78 Å². The number of nitrogens with zero attached hydrogens (tertiary/aromatic N) is 3. The Labute approximate surface area is 120 Å². The summed E-state index contributed by atoms with van der Waals surface area (Å²) in [6.07, 6.45) is 0.913. The normalized spacial score (nSPS) is 10.6. The lowest BCUT2D eigenvalue weighted by molar-refractivity contribution is 0.220. The monoisotopic (exact) mass is 318 g/mol. The highest BCUT2D eigenvalue weighted by Gasteiger charge is 2.29. The van der Waals surface area contributed by atoms with E-state index in [9.17, 15) is 22.0 Å². The van der Waals surface area contributed by atoms with E-state index in [1.165, 1.54) is 7.11 Å². The summed E-state index contributed by atoms with van der Waals surface area (Å²) in [5.41, 5.74) is -1.46. The summed E-state index contributed by atoms with van der Waals surface area (Å²) in [7, 11) is 1.29. The molecule has 1 heterocycles. The van der Waals surface area contributed by atoms with E-state index >= 15 is 0 Å². The van der Waals surface area contributed by atoms with E-state index in [1.807, 2.05) is 0 Å². The number of halogens is 5. The van der Waals surface area contributed by atoms with Crippen molar-refractivity contribution in [2.45, 2.75) is 0 Å². The number of nitrogens with one attached hydrogen (secondary N) is 1. The molecule has 0 radical (unpaired) electrons. The van der Waals surface area contributed by atoms with E-state index in [-0.39, 0.29) is 18.1 Å². The number of benzene rings is 1. The molecule has 0 spiro atoms. The molecule has 1 aromatic heterocycles. The second kappa shape index (κ2) is 5.98. The Balaban J connectivity index is 2.73. The maximum Gasteiger partial charge on any atom is 0.200 e. The van der Waals surface area contributed by atoms with Crippen molar-refractivity contribution in [2.75, 3.05) is 19.2 Å². The summed E-state index contributed by atoms with van der Waals surface area (Å²) in [6, 6.07) is 1.67. The van der Waals surface area contributed by atoms with Gasteiger partial charge in [0, 0.05) is 7.11 Å². The van der Waals surface area contributed by atoms with E-state index in [2.05, 4.69) is 15.2 Å². The fourth-order valence-corrected chi connectivity index (χ4v) is 1.69. The molecule has 1 N–H and O–H groups in total. The fourth-order valence-electron chi connectivity index (χ4n) is 1.69. The van der Waals surface area contributed by atoms with Gasteiger partial charge in [0.15, 0.2) is 23.3 Å². The molecule has 0 saturated carbocycles. The Morgan fingerprint density at radius 2 is 1.68 bits per heavy atom. The number of hydrogen-bond acceptors (Lipinski definition) is 4.